The first-order valence-corrected chi connectivity index (χ1v) is 19.4. The van der Waals surface area contributed by atoms with E-state index in [4.69, 9.17) is 14.2 Å². The van der Waals surface area contributed by atoms with Crippen molar-refractivity contribution in [3.63, 3.8) is 0 Å². The van der Waals surface area contributed by atoms with Crippen molar-refractivity contribution in [1.29, 1.82) is 0 Å². The molecule has 0 spiro atoms. The molecule has 2 atom stereocenters. The number of carbonyl (C=O) groups excluding carboxylic acids is 4. The molecule has 0 radical (unpaired) electrons. The highest BCUT2D eigenvalue weighted by atomic mass is 19.1. The van der Waals surface area contributed by atoms with Gasteiger partial charge in [-0.25, -0.2) is 28.1 Å². The molecule has 0 saturated heterocycles. The van der Waals surface area contributed by atoms with E-state index in [2.05, 4.69) is 15.6 Å². The second kappa shape index (κ2) is 16.2. The van der Waals surface area contributed by atoms with Crippen LogP contribution in [0.15, 0.2) is 54.7 Å². The van der Waals surface area contributed by atoms with Gasteiger partial charge in [-0.1, -0.05) is 25.1 Å². The molecule has 4 aromatic rings. The van der Waals surface area contributed by atoms with Gasteiger partial charge in [0.1, 0.15) is 28.9 Å². The molecule has 1 aliphatic carbocycles. The van der Waals surface area contributed by atoms with Crippen LogP contribution >= 0.6 is 0 Å². The lowest BCUT2D eigenvalue weighted by molar-refractivity contribution is -0.131. The summed E-state index contributed by atoms with van der Waals surface area (Å²) >= 11 is 0. The van der Waals surface area contributed by atoms with Crippen LogP contribution in [0.5, 0.6) is 0 Å². The maximum atomic E-state index is 16.5. The van der Waals surface area contributed by atoms with Gasteiger partial charge in [-0.3, -0.25) is 10.1 Å². The third-order valence-corrected chi connectivity index (χ3v) is 9.87. The molecule has 3 aromatic carbocycles. The number of nitrogens with one attached hydrogen (secondary N) is 2. The summed E-state index contributed by atoms with van der Waals surface area (Å²) in [5, 5.41) is 6.28. The molecule has 308 valence electrons. The van der Waals surface area contributed by atoms with Gasteiger partial charge < -0.3 is 24.4 Å². The molecule has 0 unspecified atom stereocenters. The first-order valence-electron chi connectivity index (χ1n) is 19.4. The molecule has 2 N–H and O–H groups in total. The zero-order chi connectivity index (χ0) is 42.3. The van der Waals surface area contributed by atoms with Crippen molar-refractivity contribution in [1.82, 2.24) is 9.88 Å². The Morgan fingerprint density at radius 3 is 2.26 bits per heavy atom. The number of anilines is 3. The molecule has 3 aliphatic rings. The Kier molecular flexibility index (Phi) is 11.7. The summed E-state index contributed by atoms with van der Waals surface area (Å²) in [4.78, 5) is 60.8. The van der Waals surface area contributed by atoms with E-state index in [9.17, 15) is 19.2 Å². The van der Waals surface area contributed by atoms with Gasteiger partial charge in [0.2, 0.25) is 5.91 Å². The number of hydrogen-bond acceptors (Lipinski definition) is 9. The van der Waals surface area contributed by atoms with Crippen LogP contribution in [-0.4, -0.2) is 58.9 Å². The van der Waals surface area contributed by atoms with Gasteiger partial charge in [-0.2, -0.15) is 4.90 Å². The van der Waals surface area contributed by atoms with E-state index in [-0.39, 0.29) is 41.6 Å². The lowest BCUT2D eigenvalue weighted by Crippen LogP contribution is -2.44. The highest BCUT2D eigenvalue weighted by Gasteiger charge is 2.35. The topological polar surface area (TPSA) is 139 Å². The van der Waals surface area contributed by atoms with Crippen LogP contribution in [0.2, 0.25) is 0 Å². The summed E-state index contributed by atoms with van der Waals surface area (Å²) in [5.41, 5.74) is 1.42. The number of rotatable bonds is 5. The summed E-state index contributed by atoms with van der Waals surface area (Å²) in [5.74, 6) is -1.82. The van der Waals surface area contributed by atoms with Gasteiger partial charge in [0.25, 0.3) is 0 Å². The molecule has 1 aromatic heterocycles. The Morgan fingerprint density at radius 1 is 0.966 bits per heavy atom. The fourth-order valence-electron chi connectivity index (χ4n) is 6.95. The molecule has 1 saturated carbocycles. The molecule has 1 fully saturated rings. The summed E-state index contributed by atoms with van der Waals surface area (Å²) in [6.07, 6.45) is 0.988. The molecule has 7 rings (SSSR count). The van der Waals surface area contributed by atoms with E-state index in [0.717, 1.165) is 30.0 Å². The first-order chi connectivity index (χ1) is 27.2. The number of halogens is 2. The maximum Gasteiger partial charge on any atom is 0.425 e. The highest BCUT2D eigenvalue weighted by Crippen LogP contribution is 2.37. The number of amides is 4. The van der Waals surface area contributed by atoms with E-state index in [1.165, 1.54) is 23.2 Å². The minimum atomic E-state index is -1.12. The van der Waals surface area contributed by atoms with Crippen LogP contribution in [0.3, 0.4) is 0 Å². The predicted molar refractivity (Wildman–Crippen MR) is 217 cm³/mol. The van der Waals surface area contributed by atoms with Gasteiger partial charge >= 0.3 is 18.3 Å². The molecule has 3 heterocycles. The molecule has 58 heavy (non-hydrogen) atoms. The summed E-state index contributed by atoms with van der Waals surface area (Å²) in [6, 6.07) is 11.5. The largest absolute Gasteiger partial charge is 0.449 e. The predicted octanol–water partition coefficient (Wildman–Crippen LogP) is 9.93. The number of fused-ring (bicyclic) bond motifs is 10. The Morgan fingerprint density at radius 2 is 1.64 bits per heavy atom. The van der Waals surface area contributed by atoms with E-state index in [1.807, 2.05) is 26.0 Å². The summed E-state index contributed by atoms with van der Waals surface area (Å²) < 4.78 is 48.8. The second-order valence-electron chi connectivity index (χ2n) is 17.2. The number of aromatic nitrogens is 1. The Labute approximate surface area is 337 Å². The van der Waals surface area contributed by atoms with Crippen LogP contribution in [0.25, 0.3) is 10.8 Å². The van der Waals surface area contributed by atoms with Crippen molar-refractivity contribution in [2.75, 3.05) is 29.2 Å². The van der Waals surface area contributed by atoms with Crippen molar-refractivity contribution in [3.05, 3.63) is 94.2 Å². The number of imide groups is 1. The smallest absolute Gasteiger partial charge is 0.425 e. The Hall–Kier alpha value is -5.79. The monoisotopic (exact) mass is 799 g/mol. The van der Waals surface area contributed by atoms with E-state index in [1.54, 1.807) is 66.8 Å². The normalized spacial score (nSPS) is 17.7. The van der Waals surface area contributed by atoms with Gasteiger partial charge in [0, 0.05) is 36.8 Å². The first kappa shape index (κ1) is 41.8. The number of benzene rings is 3. The summed E-state index contributed by atoms with van der Waals surface area (Å²) in [6.45, 7) is 13.7. The number of carbonyl (C=O) groups is 4. The van der Waals surface area contributed by atoms with Crippen molar-refractivity contribution in [3.8, 4) is 0 Å². The Balaban J connectivity index is 1.42. The highest BCUT2D eigenvalue weighted by molar-refractivity contribution is 6.14. The van der Waals surface area contributed by atoms with Crippen molar-refractivity contribution in [2.45, 2.75) is 104 Å². The second-order valence-corrected chi connectivity index (χ2v) is 17.2. The number of hydrogen-bond donors (Lipinski definition) is 2. The van der Waals surface area contributed by atoms with Crippen molar-refractivity contribution < 1.29 is 42.2 Å². The minimum Gasteiger partial charge on any atom is -0.449 e. The van der Waals surface area contributed by atoms with Crippen LogP contribution in [0.1, 0.15) is 101 Å². The molecule has 4 bridgehead atoms. The number of nitrogens with zero attached hydrogens (tertiary/aromatic N) is 3. The van der Waals surface area contributed by atoms with E-state index >= 15 is 8.78 Å². The van der Waals surface area contributed by atoms with Gasteiger partial charge in [0.05, 0.1) is 12.3 Å². The third kappa shape index (κ3) is 9.83. The molecule has 12 nitrogen and oxygen atoms in total. The molecular formula is C44H51F2N5O7. The number of aryl methyl sites for hydroxylation is 1. The van der Waals surface area contributed by atoms with Crippen LogP contribution in [0, 0.1) is 24.5 Å². The zero-order valence-corrected chi connectivity index (χ0v) is 34.4. The molecule has 4 amide bonds. The van der Waals surface area contributed by atoms with Gasteiger partial charge in [-0.15, -0.1) is 0 Å². The van der Waals surface area contributed by atoms with E-state index in [0.29, 0.717) is 39.3 Å². The Bertz CT molecular complexity index is 2240. The molecule has 14 heteroatoms. The van der Waals surface area contributed by atoms with Crippen molar-refractivity contribution >= 4 is 52.2 Å². The van der Waals surface area contributed by atoms with E-state index < -0.39 is 53.1 Å². The SMILES string of the molecule is Cc1cc2ccc1[C@@H](C)COC(=O)Nc1cc(F)c(CC3CC3)c(c1)CN(C)C(=O)[C@@H]2Nc1cc2ccnc(N(C(=O)OC(C)(C)C)C(=O)OC(C)(C)C)c2cc1F. The fourth-order valence-corrected chi connectivity index (χ4v) is 6.95. The van der Waals surface area contributed by atoms with Crippen LogP contribution in [-0.2, 0) is 32.0 Å². The maximum absolute atomic E-state index is 16.5. The van der Waals surface area contributed by atoms with Crippen molar-refractivity contribution in [2.24, 2.45) is 5.92 Å². The average molecular weight is 800 g/mol. The number of likely N-dealkylation sites (N-methyl/N-ethyl adjacent to an activating group) is 1. The third-order valence-electron chi connectivity index (χ3n) is 9.87. The molecular weight excluding hydrogens is 749 g/mol. The number of ether oxygens (including phenoxy) is 3. The lowest BCUT2D eigenvalue weighted by atomic mass is 9.92. The van der Waals surface area contributed by atoms with Gasteiger partial charge in [0.15, 0.2) is 5.82 Å². The standard InChI is InChI=1S/C44H51F2N5O7/c1-24-16-28-12-13-31(24)25(2)23-56-40(53)48-30-18-29(32(34(45)20-30)17-26-10-11-26)22-50(9)39(52)37(28)49-36-19-27-14-15-47-38(33(27)21-35(36)46)51(41(54)57-43(3,4)5)42(55)58-44(6,7)8/h12-16,18-21,25-26,37,49H,10-11,17,22-23H2,1-9H3,(H,48,53)/t25-,37+/m0/s1. The quantitative estimate of drug-likeness (QED) is 0.189. The summed E-state index contributed by atoms with van der Waals surface area (Å²) in [7, 11) is 1.59. The number of pyridine rings is 1. The minimum absolute atomic E-state index is 0.00491. The van der Waals surface area contributed by atoms with Crippen LogP contribution < -0.4 is 15.5 Å². The van der Waals surface area contributed by atoms with Gasteiger partial charge in [-0.05, 0) is 137 Å². The fraction of sp³-hybridized carbons (Fsp3) is 0.432. The molecule has 2 aliphatic heterocycles. The van der Waals surface area contributed by atoms with Crippen LogP contribution in [0.4, 0.5) is 40.4 Å². The lowest BCUT2D eigenvalue weighted by Gasteiger charge is -2.29. The average Bonchev–Trinajstić information content (AvgIpc) is 3.93. The zero-order valence-electron chi connectivity index (χ0n) is 34.4.